The molecular formula is C54H29N3O2S. The van der Waals surface area contributed by atoms with E-state index in [4.69, 9.17) is 18.8 Å². The monoisotopic (exact) mass is 783 g/mol. The van der Waals surface area contributed by atoms with Gasteiger partial charge in [-0.05, 0) is 70.1 Å². The summed E-state index contributed by atoms with van der Waals surface area (Å²) in [5.41, 5.74) is 10.5. The number of hydrogen-bond acceptors (Lipinski definition) is 5. The van der Waals surface area contributed by atoms with E-state index in [0.29, 0.717) is 5.71 Å². The minimum absolute atomic E-state index is 0.524. The SMILES string of the molecule is c1ccc(-c2nc3oc4ccccc4c3nc2-c2ccc3c(c2)oc2cc(-n4c5ccccc5c5c6ccccc6c6c(sc7ccc8ccccc8c76)c54)ccc23)cc1. The molecule has 0 saturated heterocycles. The first-order chi connectivity index (χ1) is 29.7. The molecule has 0 spiro atoms. The molecule has 60 heavy (non-hydrogen) atoms. The average molecular weight is 784 g/mol. The number of nitrogens with zero attached hydrogens (tertiary/aromatic N) is 3. The molecule has 5 heterocycles. The highest BCUT2D eigenvalue weighted by Crippen LogP contribution is 2.49. The van der Waals surface area contributed by atoms with Crippen LogP contribution in [0.3, 0.4) is 0 Å². The molecule has 0 atom stereocenters. The zero-order valence-corrected chi connectivity index (χ0v) is 32.6. The number of fused-ring (bicyclic) bond motifs is 18. The van der Waals surface area contributed by atoms with Crippen LogP contribution >= 0.6 is 11.3 Å². The first-order valence-electron chi connectivity index (χ1n) is 20.1. The molecule has 0 saturated carbocycles. The molecule has 0 radical (unpaired) electrons. The molecule has 278 valence electrons. The molecule has 0 bridgehead atoms. The molecular weight excluding hydrogens is 755 g/mol. The van der Waals surface area contributed by atoms with Gasteiger partial charge in [0.1, 0.15) is 28.0 Å². The summed E-state index contributed by atoms with van der Waals surface area (Å²) in [6, 6.07) is 62.3. The Hall–Kier alpha value is -7.80. The summed E-state index contributed by atoms with van der Waals surface area (Å²) >= 11 is 1.89. The minimum atomic E-state index is 0.524. The number of rotatable bonds is 3. The van der Waals surface area contributed by atoms with Gasteiger partial charge in [-0.25, -0.2) is 9.97 Å². The summed E-state index contributed by atoms with van der Waals surface area (Å²) in [5.74, 6) is 0. The van der Waals surface area contributed by atoms with E-state index in [1.54, 1.807) is 0 Å². The summed E-state index contributed by atoms with van der Waals surface area (Å²) in [6.45, 7) is 0. The highest BCUT2D eigenvalue weighted by atomic mass is 32.1. The average Bonchev–Trinajstić information content (AvgIpc) is 4.07. The predicted molar refractivity (Wildman–Crippen MR) is 250 cm³/mol. The summed E-state index contributed by atoms with van der Waals surface area (Å²) in [7, 11) is 0. The van der Waals surface area contributed by atoms with Crippen molar-refractivity contribution in [3.63, 3.8) is 0 Å². The second-order valence-corrected chi connectivity index (χ2v) is 16.7. The van der Waals surface area contributed by atoms with Gasteiger partial charge < -0.3 is 13.4 Å². The number of furan rings is 2. The van der Waals surface area contributed by atoms with Crippen LogP contribution < -0.4 is 0 Å². The molecule has 0 fully saturated rings. The Kier molecular flexibility index (Phi) is 6.38. The van der Waals surface area contributed by atoms with Crippen LogP contribution in [0.25, 0.3) is 136 Å². The van der Waals surface area contributed by atoms with Gasteiger partial charge in [-0.2, -0.15) is 0 Å². The van der Waals surface area contributed by atoms with Crippen molar-refractivity contribution in [3.05, 3.63) is 176 Å². The van der Waals surface area contributed by atoms with Gasteiger partial charge in [0.25, 0.3) is 0 Å². The zero-order chi connectivity index (χ0) is 39.1. The normalized spacial score (nSPS) is 12.3. The third-order valence-electron chi connectivity index (χ3n) is 12.4. The van der Waals surface area contributed by atoms with Crippen LogP contribution in [-0.2, 0) is 0 Å². The molecule has 0 unspecified atom stereocenters. The summed E-state index contributed by atoms with van der Waals surface area (Å²) in [4.78, 5) is 10.3. The van der Waals surface area contributed by atoms with Crippen LogP contribution in [0, 0.1) is 0 Å². The molecule has 0 N–H and O–H groups in total. The molecule has 0 aliphatic carbocycles. The summed E-state index contributed by atoms with van der Waals surface area (Å²) in [6.07, 6.45) is 0. The second kappa shape index (κ2) is 11.9. The number of para-hydroxylation sites is 2. The van der Waals surface area contributed by atoms with Crippen molar-refractivity contribution in [1.82, 2.24) is 14.5 Å². The van der Waals surface area contributed by atoms with Crippen molar-refractivity contribution in [2.24, 2.45) is 0 Å². The second-order valence-electron chi connectivity index (χ2n) is 15.6. The Balaban J connectivity index is 1.02. The van der Waals surface area contributed by atoms with Crippen molar-refractivity contribution in [1.29, 1.82) is 0 Å². The number of thiophene rings is 1. The highest BCUT2D eigenvalue weighted by Gasteiger charge is 2.24. The quantitative estimate of drug-likeness (QED) is 0.179. The Morgan fingerprint density at radius 1 is 0.433 bits per heavy atom. The Labute approximate surface area is 345 Å². The van der Waals surface area contributed by atoms with Crippen LogP contribution in [-0.4, -0.2) is 14.5 Å². The van der Waals surface area contributed by atoms with Crippen LogP contribution in [0.5, 0.6) is 0 Å². The smallest absolute Gasteiger partial charge is 0.246 e. The van der Waals surface area contributed by atoms with Crippen LogP contribution in [0.2, 0.25) is 0 Å². The maximum atomic E-state index is 6.84. The molecule has 5 nitrogen and oxygen atoms in total. The Bertz CT molecular complexity index is 4130. The van der Waals surface area contributed by atoms with Gasteiger partial charge in [0.05, 0.1) is 21.4 Å². The van der Waals surface area contributed by atoms with E-state index >= 15 is 0 Å². The van der Waals surface area contributed by atoms with Crippen LogP contribution in [0.4, 0.5) is 0 Å². The first-order valence-corrected chi connectivity index (χ1v) is 21.0. The van der Waals surface area contributed by atoms with Gasteiger partial charge in [-0.1, -0.05) is 121 Å². The third kappa shape index (κ3) is 4.35. The molecule has 0 aliphatic rings. The molecule has 5 aromatic heterocycles. The zero-order valence-electron chi connectivity index (χ0n) is 31.8. The van der Waals surface area contributed by atoms with Gasteiger partial charge in [0.15, 0.2) is 0 Å². The molecule has 14 rings (SSSR count). The lowest BCUT2D eigenvalue weighted by Crippen LogP contribution is -1.94. The van der Waals surface area contributed by atoms with E-state index in [1.807, 2.05) is 53.8 Å². The molecule has 0 amide bonds. The number of benzene rings is 9. The topological polar surface area (TPSA) is 57.0 Å². The fraction of sp³-hybridized carbons (Fsp3) is 0. The summed E-state index contributed by atoms with van der Waals surface area (Å²) < 4.78 is 18.1. The van der Waals surface area contributed by atoms with Crippen molar-refractivity contribution >= 4 is 119 Å². The minimum Gasteiger partial charge on any atom is -0.456 e. The Morgan fingerprint density at radius 2 is 1.12 bits per heavy atom. The van der Waals surface area contributed by atoms with E-state index in [0.717, 1.165) is 66.6 Å². The van der Waals surface area contributed by atoms with Crippen molar-refractivity contribution in [3.8, 4) is 28.2 Å². The number of hydrogen-bond donors (Lipinski definition) is 0. The number of aromatic nitrogens is 3. The first kappa shape index (κ1) is 32.2. The van der Waals surface area contributed by atoms with Crippen LogP contribution in [0.15, 0.2) is 185 Å². The largest absolute Gasteiger partial charge is 0.456 e. The van der Waals surface area contributed by atoms with E-state index in [9.17, 15) is 0 Å². The van der Waals surface area contributed by atoms with Crippen LogP contribution in [0.1, 0.15) is 0 Å². The maximum absolute atomic E-state index is 6.84. The standard InChI is InChI=1S/C54H29N3O2S/c1-2-13-31(14-3-1)49-50(55-51-40-19-9-11-21-42(40)59-54(51)56-49)32-22-25-35-36-26-24-33(29-44(36)58-43(35)28-32)57-41-20-10-8-18-39(41)46-37-16-6-7-17-38(37)48-47-34-15-5-4-12-30(34)23-27-45(47)60-53(48)52(46)57/h1-29H. The maximum Gasteiger partial charge on any atom is 0.246 e. The molecule has 14 aromatic rings. The van der Waals surface area contributed by atoms with E-state index in [-0.39, 0.29) is 0 Å². The highest BCUT2D eigenvalue weighted by molar-refractivity contribution is 7.27. The van der Waals surface area contributed by atoms with Crippen molar-refractivity contribution < 1.29 is 8.83 Å². The molecule has 9 aromatic carbocycles. The predicted octanol–water partition coefficient (Wildman–Crippen LogP) is 15.4. The van der Waals surface area contributed by atoms with Crippen molar-refractivity contribution in [2.45, 2.75) is 0 Å². The van der Waals surface area contributed by atoms with E-state index in [1.165, 1.54) is 63.5 Å². The van der Waals surface area contributed by atoms with Gasteiger partial charge in [0.2, 0.25) is 5.71 Å². The lowest BCUT2D eigenvalue weighted by atomic mass is 9.96. The summed E-state index contributed by atoms with van der Waals surface area (Å²) in [5, 5.41) is 13.3. The van der Waals surface area contributed by atoms with E-state index in [2.05, 4.69) is 138 Å². The van der Waals surface area contributed by atoms with Gasteiger partial charge >= 0.3 is 0 Å². The fourth-order valence-corrected chi connectivity index (χ4v) is 11.1. The van der Waals surface area contributed by atoms with Gasteiger partial charge in [-0.15, -0.1) is 11.3 Å². The fourth-order valence-electron chi connectivity index (χ4n) is 9.78. The molecule has 0 aliphatic heterocycles. The Morgan fingerprint density at radius 3 is 1.98 bits per heavy atom. The lowest BCUT2D eigenvalue weighted by Gasteiger charge is -2.10. The van der Waals surface area contributed by atoms with Gasteiger partial charge in [-0.3, -0.25) is 0 Å². The van der Waals surface area contributed by atoms with Gasteiger partial charge in [0, 0.05) is 65.3 Å². The third-order valence-corrected chi connectivity index (χ3v) is 13.5. The van der Waals surface area contributed by atoms with Crippen molar-refractivity contribution in [2.75, 3.05) is 0 Å². The lowest BCUT2D eigenvalue weighted by molar-refractivity contribution is 0.653. The molecule has 6 heteroatoms. The van der Waals surface area contributed by atoms with E-state index < -0.39 is 0 Å².